The van der Waals surface area contributed by atoms with Crippen molar-refractivity contribution in [3.63, 3.8) is 0 Å². The highest BCUT2D eigenvalue weighted by atomic mass is 35.5. The minimum Gasteiger partial charge on any atom is -0.619 e. The third kappa shape index (κ3) is 3.38. The Morgan fingerprint density at radius 3 is 3.04 bits per heavy atom. The van der Waals surface area contributed by atoms with Crippen LogP contribution in [0.25, 0.3) is 11.1 Å². The number of hydrogen-bond donors (Lipinski definition) is 1. The number of halogens is 1. The predicted octanol–water partition coefficient (Wildman–Crippen LogP) is 3.44. The fourth-order valence-corrected chi connectivity index (χ4v) is 3.94. The fraction of sp³-hybridized carbons (Fsp3) is 0.158. The maximum absolute atomic E-state index is 12.2. The molecule has 26 heavy (non-hydrogen) atoms. The number of ether oxygens (including phenoxy) is 1. The minimum absolute atomic E-state index is 0.188. The van der Waals surface area contributed by atoms with Gasteiger partial charge in [0.1, 0.15) is 17.4 Å². The Morgan fingerprint density at radius 1 is 1.38 bits per heavy atom. The van der Waals surface area contributed by atoms with Crippen LogP contribution >= 0.6 is 22.9 Å². The molecule has 1 amide bonds. The molecule has 1 aromatic carbocycles. The molecule has 7 heteroatoms. The molecule has 0 saturated carbocycles. The first kappa shape index (κ1) is 16.9. The molecule has 1 aliphatic heterocycles. The summed E-state index contributed by atoms with van der Waals surface area (Å²) in [4.78, 5) is 12.2. The first-order chi connectivity index (χ1) is 12.6. The number of carbonyl (C=O) groups is 1. The van der Waals surface area contributed by atoms with E-state index in [2.05, 4.69) is 22.8 Å². The molecule has 0 radical (unpaired) electrons. The second-order valence-electron chi connectivity index (χ2n) is 6.06. The lowest BCUT2D eigenvalue weighted by Crippen LogP contribution is -2.36. The van der Waals surface area contributed by atoms with E-state index in [1.807, 2.05) is 11.4 Å². The zero-order valence-electron chi connectivity index (χ0n) is 13.6. The zero-order chi connectivity index (χ0) is 18.1. The second-order valence-corrected chi connectivity index (χ2v) is 7.25. The molecule has 4 rings (SSSR count). The molecule has 1 atom stereocenters. The van der Waals surface area contributed by atoms with Gasteiger partial charge in [-0.25, -0.2) is 0 Å². The van der Waals surface area contributed by atoms with Gasteiger partial charge in [0.2, 0.25) is 0 Å². The van der Waals surface area contributed by atoms with E-state index in [0.29, 0.717) is 34.0 Å². The van der Waals surface area contributed by atoms with Crippen molar-refractivity contribution in [1.82, 2.24) is 5.32 Å². The van der Waals surface area contributed by atoms with E-state index in [1.54, 1.807) is 17.4 Å². The molecule has 3 heterocycles. The maximum Gasteiger partial charge on any atom is 0.257 e. The van der Waals surface area contributed by atoms with Gasteiger partial charge in [0.15, 0.2) is 12.4 Å². The number of hydrogen-bond acceptors (Lipinski definition) is 4. The quantitative estimate of drug-likeness (QED) is 0.551. The zero-order valence-corrected chi connectivity index (χ0v) is 15.2. The molecule has 3 aromatic rings. The number of amides is 1. The lowest BCUT2D eigenvalue weighted by molar-refractivity contribution is -0.605. The molecule has 0 aliphatic carbocycles. The van der Waals surface area contributed by atoms with Crippen molar-refractivity contribution in [2.75, 3.05) is 6.54 Å². The van der Waals surface area contributed by atoms with Crippen molar-refractivity contribution in [3.05, 3.63) is 74.8 Å². The van der Waals surface area contributed by atoms with Gasteiger partial charge in [-0.05, 0) is 46.2 Å². The summed E-state index contributed by atoms with van der Waals surface area (Å²) in [5.74, 6) is 0.377. The molecular formula is C19H15ClN2O3S. The van der Waals surface area contributed by atoms with Gasteiger partial charge in [-0.3, -0.25) is 4.79 Å². The summed E-state index contributed by atoms with van der Waals surface area (Å²) in [6.45, 7) is 0.339. The topological polar surface area (TPSA) is 65.3 Å². The molecule has 0 unspecified atom stereocenters. The number of fused-ring (bicyclic) bond motifs is 1. The predicted molar refractivity (Wildman–Crippen MR) is 101 cm³/mol. The maximum atomic E-state index is 12.2. The van der Waals surface area contributed by atoms with Gasteiger partial charge in [-0.2, -0.15) is 16.1 Å². The van der Waals surface area contributed by atoms with Crippen molar-refractivity contribution in [2.45, 2.75) is 12.5 Å². The normalized spacial score (nSPS) is 15.3. The average Bonchev–Trinajstić information content (AvgIpc) is 3.29. The van der Waals surface area contributed by atoms with E-state index >= 15 is 0 Å². The van der Waals surface area contributed by atoms with Crippen LogP contribution < -0.4 is 14.8 Å². The van der Waals surface area contributed by atoms with Crippen molar-refractivity contribution >= 4 is 28.8 Å². The van der Waals surface area contributed by atoms with E-state index in [4.69, 9.17) is 16.3 Å². The Labute approximate surface area is 159 Å². The number of pyridine rings is 1. The third-order valence-electron chi connectivity index (χ3n) is 4.23. The van der Waals surface area contributed by atoms with Gasteiger partial charge in [0.25, 0.3) is 5.91 Å². The molecule has 5 nitrogen and oxygen atoms in total. The van der Waals surface area contributed by atoms with Gasteiger partial charge < -0.3 is 15.3 Å². The lowest BCUT2D eigenvalue weighted by Gasteiger charge is -2.12. The van der Waals surface area contributed by atoms with Crippen LogP contribution in [0.5, 0.6) is 5.75 Å². The fourth-order valence-electron chi connectivity index (χ4n) is 2.99. The van der Waals surface area contributed by atoms with Gasteiger partial charge in [-0.1, -0.05) is 11.6 Å². The van der Waals surface area contributed by atoms with Crippen LogP contribution in [0.3, 0.4) is 0 Å². The average molecular weight is 387 g/mol. The van der Waals surface area contributed by atoms with Crippen LogP contribution in [0.4, 0.5) is 0 Å². The molecule has 132 valence electrons. The molecule has 1 N–H and O–H groups in total. The van der Waals surface area contributed by atoms with Crippen molar-refractivity contribution in [1.29, 1.82) is 0 Å². The number of benzene rings is 1. The van der Waals surface area contributed by atoms with E-state index < -0.39 is 0 Å². The van der Waals surface area contributed by atoms with Crippen molar-refractivity contribution < 1.29 is 14.3 Å². The smallest absolute Gasteiger partial charge is 0.257 e. The number of carbonyl (C=O) groups excluding carboxylic acids is 1. The van der Waals surface area contributed by atoms with E-state index in [1.165, 1.54) is 18.5 Å². The highest BCUT2D eigenvalue weighted by Crippen LogP contribution is 2.39. The van der Waals surface area contributed by atoms with Crippen LogP contribution in [-0.4, -0.2) is 18.6 Å². The Morgan fingerprint density at radius 2 is 2.27 bits per heavy atom. The van der Waals surface area contributed by atoms with Crippen LogP contribution in [0.1, 0.15) is 15.9 Å². The summed E-state index contributed by atoms with van der Waals surface area (Å²) in [5, 5.41) is 18.8. The number of nitrogens with one attached hydrogen (secondary N) is 1. The largest absolute Gasteiger partial charge is 0.619 e. The number of thiophene rings is 1. The minimum atomic E-state index is -0.306. The monoisotopic (exact) mass is 386 g/mol. The molecular weight excluding hydrogens is 372 g/mol. The highest BCUT2D eigenvalue weighted by Gasteiger charge is 2.26. The first-order valence-corrected chi connectivity index (χ1v) is 9.41. The summed E-state index contributed by atoms with van der Waals surface area (Å²) in [5.41, 5.74) is 3.55. The van der Waals surface area contributed by atoms with Gasteiger partial charge in [-0.15, -0.1) is 0 Å². The van der Waals surface area contributed by atoms with Crippen LogP contribution in [0.2, 0.25) is 5.02 Å². The number of rotatable bonds is 4. The van der Waals surface area contributed by atoms with Crippen molar-refractivity contribution in [2.24, 2.45) is 0 Å². The van der Waals surface area contributed by atoms with Crippen LogP contribution in [0, 0.1) is 5.21 Å². The highest BCUT2D eigenvalue weighted by molar-refractivity contribution is 7.08. The number of aromatic nitrogens is 1. The van der Waals surface area contributed by atoms with E-state index in [9.17, 15) is 10.0 Å². The number of nitrogens with zero attached hydrogens (tertiary/aromatic N) is 1. The lowest BCUT2D eigenvalue weighted by atomic mass is 10.0. The SMILES string of the molecule is O=C(NC[C@H]1Cc2cc(-c3ccsc3)cc(Cl)c2O1)c1ccc[n+]([O-])c1. The first-order valence-electron chi connectivity index (χ1n) is 8.09. The molecule has 0 bridgehead atoms. The summed E-state index contributed by atoms with van der Waals surface area (Å²) >= 11 is 8.03. The third-order valence-corrected chi connectivity index (χ3v) is 5.20. The summed E-state index contributed by atoms with van der Waals surface area (Å²) in [6, 6.07) is 9.18. The summed E-state index contributed by atoms with van der Waals surface area (Å²) < 4.78 is 6.51. The molecule has 1 aliphatic rings. The Bertz CT molecular complexity index is 959. The van der Waals surface area contributed by atoms with Gasteiger partial charge in [0.05, 0.1) is 11.6 Å². The molecule has 2 aromatic heterocycles. The van der Waals surface area contributed by atoms with E-state index in [0.717, 1.165) is 16.7 Å². The second kappa shape index (κ2) is 6.97. The summed E-state index contributed by atoms with van der Waals surface area (Å²) in [7, 11) is 0. The molecule has 0 fully saturated rings. The van der Waals surface area contributed by atoms with E-state index in [-0.39, 0.29) is 12.0 Å². The van der Waals surface area contributed by atoms with Gasteiger partial charge >= 0.3 is 0 Å². The molecule has 0 saturated heterocycles. The molecule has 0 spiro atoms. The standard InChI is InChI=1S/C19H15ClN2O3S/c20-17-8-14(13-3-5-26-11-13)6-15-7-16(25-18(15)17)9-21-19(23)12-2-1-4-22(24)10-12/h1-6,8,10-11,16H,7,9H2,(H,21,23)/t16-/m1/s1. The summed E-state index contributed by atoms with van der Waals surface area (Å²) in [6.07, 6.45) is 3.06. The van der Waals surface area contributed by atoms with Crippen LogP contribution in [-0.2, 0) is 6.42 Å². The van der Waals surface area contributed by atoms with Gasteiger partial charge in [0, 0.05) is 18.1 Å². The van der Waals surface area contributed by atoms with Crippen LogP contribution in [0.15, 0.2) is 53.5 Å². The Hall–Kier alpha value is -2.57. The Balaban J connectivity index is 1.44. The Kier molecular flexibility index (Phi) is 4.53. The van der Waals surface area contributed by atoms with Crippen molar-refractivity contribution in [3.8, 4) is 16.9 Å².